The molecule has 1 aliphatic rings. The highest BCUT2D eigenvalue weighted by Crippen LogP contribution is 2.31. The largest absolute Gasteiger partial charge is 0.494 e. The fraction of sp³-hybridized carbons (Fsp3) is 0.417. The van der Waals surface area contributed by atoms with E-state index < -0.39 is 0 Å². The van der Waals surface area contributed by atoms with Crippen molar-refractivity contribution in [2.24, 2.45) is 4.99 Å². The van der Waals surface area contributed by atoms with Crippen molar-refractivity contribution in [3.05, 3.63) is 18.2 Å². The van der Waals surface area contributed by atoms with E-state index >= 15 is 0 Å². The summed E-state index contributed by atoms with van der Waals surface area (Å²) in [6.45, 7) is 7.65. The molecule has 86 valence electrons. The van der Waals surface area contributed by atoms with Gasteiger partial charge in [0.15, 0.2) is 0 Å². The molecule has 16 heavy (non-hydrogen) atoms. The van der Waals surface area contributed by atoms with Gasteiger partial charge in [0.2, 0.25) is 0 Å². The SMILES string of the molecule is C=Nc1ccc(N2CCNCC2)cc1OC. The van der Waals surface area contributed by atoms with Crippen molar-refractivity contribution in [2.75, 3.05) is 38.2 Å². The Kier molecular flexibility index (Phi) is 3.41. The Labute approximate surface area is 95.9 Å². The van der Waals surface area contributed by atoms with E-state index in [0.29, 0.717) is 0 Å². The van der Waals surface area contributed by atoms with Crippen molar-refractivity contribution in [3.63, 3.8) is 0 Å². The van der Waals surface area contributed by atoms with Crippen LogP contribution in [0.4, 0.5) is 11.4 Å². The van der Waals surface area contributed by atoms with Gasteiger partial charge < -0.3 is 15.0 Å². The van der Waals surface area contributed by atoms with Gasteiger partial charge in [-0.3, -0.25) is 4.99 Å². The van der Waals surface area contributed by atoms with Crippen LogP contribution < -0.4 is 15.0 Å². The van der Waals surface area contributed by atoms with Crippen LogP contribution in [0.25, 0.3) is 0 Å². The van der Waals surface area contributed by atoms with E-state index in [1.807, 2.05) is 12.1 Å². The maximum absolute atomic E-state index is 5.29. The zero-order valence-electron chi connectivity index (χ0n) is 9.57. The summed E-state index contributed by atoms with van der Waals surface area (Å²) in [5.41, 5.74) is 1.98. The summed E-state index contributed by atoms with van der Waals surface area (Å²) in [5, 5.41) is 3.33. The highest BCUT2D eigenvalue weighted by Gasteiger charge is 2.12. The number of benzene rings is 1. The lowest BCUT2D eigenvalue weighted by atomic mass is 10.2. The number of ether oxygens (including phenoxy) is 1. The van der Waals surface area contributed by atoms with Crippen LogP contribution in [0.1, 0.15) is 0 Å². The quantitative estimate of drug-likeness (QED) is 0.781. The Morgan fingerprint density at radius 3 is 2.75 bits per heavy atom. The van der Waals surface area contributed by atoms with Gasteiger partial charge in [0.25, 0.3) is 0 Å². The molecular formula is C12H17N3O. The first-order valence-corrected chi connectivity index (χ1v) is 5.45. The molecule has 4 heteroatoms. The number of piperazine rings is 1. The van der Waals surface area contributed by atoms with Crippen molar-refractivity contribution in [1.29, 1.82) is 0 Å². The van der Waals surface area contributed by atoms with Crippen LogP contribution in [0.5, 0.6) is 5.75 Å². The monoisotopic (exact) mass is 219 g/mol. The topological polar surface area (TPSA) is 36.9 Å². The number of hydrogen-bond donors (Lipinski definition) is 1. The molecule has 0 spiro atoms. The minimum Gasteiger partial charge on any atom is -0.494 e. The minimum atomic E-state index is 0.783. The zero-order chi connectivity index (χ0) is 11.4. The van der Waals surface area contributed by atoms with Gasteiger partial charge in [-0.2, -0.15) is 0 Å². The lowest BCUT2D eigenvalue weighted by molar-refractivity contribution is 0.416. The van der Waals surface area contributed by atoms with Gasteiger partial charge in [-0.1, -0.05) is 0 Å². The van der Waals surface area contributed by atoms with Crippen molar-refractivity contribution < 1.29 is 4.74 Å². The summed E-state index contributed by atoms with van der Waals surface area (Å²) in [5.74, 6) is 0.783. The number of hydrogen-bond acceptors (Lipinski definition) is 4. The second-order valence-corrected chi connectivity index (χ2v) is 3.75. The number of nitrogens with one attached hydrogen (secondary N) is 1. The number of aliphatic imine (C=N–C) groups is 1. The summed E-state index contributed by atoms with van der Waals surface area (Å²) in [6, 6.07) is 6.04. The molecule has 0 bridgehead atoms. The molecule has 4 nitrogen and oxygen atoms in total. The molecule has 0 amide bonds. The molecular weight excluding hydrogens is 202 g/mol. The van der Waals surface area contributed by atoms with Crippen LogP contribution in [-0.2, 0) is 0 Å². The molecule has 1 aliphatic heterocycles. The molecule has 0 aliphatic carbocycles. The van der Waals surface area contributed by atoms with Crippen LogP contribution >= 0.6 is 0 Å². The summed E-state index contributed by atoms with van der Waals surface area (Å²) >= 11 is 0. The standard InChI is InChI=1S/C12H17N3O/c1-13-11-4-3-10(9-12(11)16-2)15-7-5-14-6-8-15/h3-4,9,14H,1,5-8H2,2H3. The van der Waals surface area contributed by atoms with Crippen molar-refractivity contribution in [2.45, 2.75) is 0 Å². The van der Waals surface area contributed by atoms with E-state index in [1.54, 1.807) is 7.11 Å². The minimum absolute atomic E-state index is 0.783. The van der Waals surface area contributed by atoms with Crippen LogP contribution in [0.3, 0.4) is 0 Å². The van der Waals surface area contributed by atoms with Gasteiger partial charge in [-0.15, -0.1) is 0 Å². The molecule has 2 rings (SSSR count). The molecule has 1 aromatic carbocycles. The van der Waals surface area contributed by atoms with E-state index in [-0.39, 0.29) is 0 Å². The molecule has 0 radical (unpaired) electrons. The smallest absolute Gasteiger partial charge is 0.146 e. The van der Waals surface area contributed by atoms with Crippen LogP contribution in [0.15, 0.2) is 23.2 Å². The van der Waals surface area contributed by atoms with Gasteiger partial charge in [0.05, 0.1) is 7.11 Å². The fourth-order valence-corrected chi connectivity index (χ4v) is 1.92. The van der Waals surface area contributed by atoms with Gasteiger partial charge in [-0.25, -0.2) is 0 Å². The third-order valence-electron chi connectivity index (χ3n) is 2.82. The summed E-state index contributed by atoms with van der Waals surface area (Å²) < 4.78 is 5.29. The van der Waals surface area contributed by atoms with Gasteiger partial charge in [-0.05, 0) is 18.9 Å². The lowest BCUT2D eigenvalue weighted by Crippen LogP contribution is -2.43. The zero-order valence-corrected chi connectivity index (χ0v) is 9.57. The van der Waals surface area contributed by atoms with Gasteiger partial charge in [0.1, 0.15) is 11.4 Å². The lowest BCUT2D eigenvalue weighted by Gasteiger charge is -2.29. The van der Waals surface area contributed by atoms with Gasteiger partial charge in [0, 0.05) is 37.9 Å². The fourth-order valence-electron chi connectivity index (χ4n) is 1.92. The number of nitrogens with zero attached hydrogens (tertiary/aromatic N) is 2. The van der Waals surface area contributed by atoms with E-state index in [4.69, 9.17) is 4.74 Å². The molecule has 1 fully saturated rings. The summed E-state index contributed by atoms with van der Waals surface area (Å²) in [4.78, 5) is 6.26. The predicted molar refractivity (Wildman–Crippen MR) is 67.3 cm³/mol. The first-order valence-electron chi connectivity index (χ1n) is 5.45. The molecule has 1 N–H and O–H groups in total. The third-order valence-corrected chi connectivity index (χ3v) is 2.82. The van der Waals surface area contributed by atoms with E-state index in [9.17, 15) is 0 Å². The maximum Gasteiger partial charge on any atom is 0.146 e. The van der Waals surface area contributed by atoms with Crippen LogP contribution in [0.2, 0.25) is 0 Å². The van der Waals surface area contributed by atoms with E-state index in [1.165, 1.54) is 5.69 Å². The van der Waals surface area contributed by atoms with E-state index in [0.717, 1.165) is 37.6 Å². The van der Waals surface area contributed by atoms with Crippen molar-refractivity contribution in [1.82, 2.24) is 5.32 Å². The highest BCUT2D eigenvalue weighted by molar-refractivity contribution is 5.64. The van der Waals surface area contributed by atoms with Crippen LogP contribution in [0, 0.1) is 0 Å². The molecule has 0 aromatic heterocycles. The van der Waals surface area contributed by atoms with Crippen molar-refractivity contribution >= 4 is 18.1 Å². The second-order valence-electron chi connectivity index (χ2n) is 3.75. The Hall–Kier alpha value is -1.55. The van der Waals surface area contributed by atoms with Crippen molar-refractivity contribution in [3.8, 4) is 5.75 Å². The summed E-state index contributed by atoms with van der Waals surface area (Å²) in [7, 11) is 1.66. The Bertz CT molecular complexity index is 373. The summed E-state index contributed by atoms with van der Waals surface area (Å²) in [6.07, 6.45) is 0. The highest BCUT2D eigenvalue weighted by atomic mass is 16.5. The maximum atomic E-state index is 5.29. The normalized spacial score (nSPS) is 15.9. The Balaban J connectivity index is 2.24. The molecule has 1 saturated heterocycles. The van der Waals surface area contributed by atoms with Crippen LogP contribution in [-0.4, -0.2) is 40.0 Å². The molecule has 0 saturated carbocycles. The average molecular weight is 219 g/mol. The Morgan fingerprint density at radius 2 is 2.12 bits per heavy atom. The molecule has 1 aromatic rings. The number of rotatable bonds is 3. The van der Waals surface area contributed by atoms with E-state index in [2.05, 4.69) is 28.0 Å². The third kappa shape index (κ3) is 2.17. The number of methoxy groups -OCH3 is 1. The second kappa shape index (κ2) is 4.99. The first-order chi connectivity index (χ1) is 7.85. The molecule has 1 heterocycles. The van der Waals surface area contributed by atoms with Gasteiger partial charge >= 0.3 is 0 Å². The Morgan fingerprint density at radius 1 is 1.38 bits per heavy atom. The number of anilines is 1. The average Bonchev–Trinajstić information content (AvgIpc) is 2.39. The molecule has 0 atom stereocenters. The molecule has 0 unspecified atom stereocenters. The first kappa shape index (κ1) is 11.0. The predicted octanol–water partition coefficient (Wildman–Crippen LogP) is 1.44.